The van der Waals surface area contributed by atoms with Crippen molar-refractivity contribution in [1.29, 1.82) is 0 Å². The van der Waals surface area contributed by atoms with Crippen LogP contribution in [0.25, 0.3) is 5.69 Å². The number of nitrogens with one attached hydrogen (secondary N) is 1. The van der Waals surface area contributed by atoms with Gasteiger partial charge in [0.05, 0.1) is 43.8 Å². The highest BCUT2D eigenvalue weighted by atomic mass is 19.4. The van der Waals surface area contributed by atoms with Crippen LogP contribution >= 0.6 is 0 Å². The molecule has 184 valence electrons. The van der Waals surface area contributed by atoms with Crippen molar-refractivity contribution in [3.8, 4) is 17.2 Å². The van der Waals surface area contributed by atoms with Crippen LogP contribution in [0.4, 0.5) is 18.9 Å². The van der Waals surface area contributed by atoms with E-state index in [4.69, 9.17) is 14.2 Å². The maximum absolute atomic E-state index is 13.1. The van der Waals surface area contributed by atoms with Crippen LogP contribution in [-0.2, 0) is 10.9 Å². The monoisotopic (exact) mass is 491 g/mol. The van der Waals surface area contributed by atoms with Crippen molar-refractivity contribution in [2.24, 2.45) is 0 Å². The number of methoxy groups -OCH3 is 3. The molecule has 1 aromatic heterocycles. The Morgan fingerprint density at radius 2 is 1.66 bits per heavy atom. The predicted molar refractivity (Wildman–Crippen MR) is 118 cm³/mol. The lowest BCUT2D eigenvalue weighted by atomic mass is 10.1. The summed E-state index contributed by atoms with van der Waals surface area (Å²) in [5.74, 6) is -1.45. The minimum absolute atomic E-state index is 0.00672. The van der Waals surface area contributed by atoms with Crippen molar-refractivity contribution < 1.29 is 37.0 Å². The number of benzene rings is 2. The SMILES string of the molecule is COC(=O)c1cc(OC)c(OC)cc1NC(=O)c1nn(-c2cccc(C(F)(F)F)c2)c(C)cc1=O. The molecular formula is C23H20F3N3O6. The summed E-state index contributed by atoms with van der Waals surface area (Å²) in [6.45, 7) is 1.46. The van der Waals surface area contributed by atoms with Crippen LogP contribution in [0.1, 0.15) is 32.1 Å². The Balaban J connectivity index is 2.07. The van der Waals surface area contributed by atoms with E-state index in [0.29, 0.717) is 0 Å². The molecule has 0 atom stereocenters. The number of esters is 1. The van der Waals surface area contributed by atoms with Gasteiger partial charge in [-0.3, -0.25) is 9.59 Å². The lowest BCUT2D eigenvalue weighted by Gasteiger charge is -2.15. The van der Waals surface area contributed by atoms with Crippen LogP contribution in [0.2, 0.25) is 0 Å². The Kier molecular flexibility index (Phi) is 7.13. The molecule has 1 N–H and O–H groups in total. The molecule has 0 saturated heterocycles. The third-order valence-electron chi connectivity index (χ3n) is 4.92. The Labute approximate surface area is 197 Å². The van der Waals surface area contributed by atoms with Gasteiger partial charge in [-0.15, -0.1) is 0 Å². The number of hydrogen-bond donors (Lipinski definition) is 1. The number of nitrogens with zero attached hydrogens (tertiary/aromatic N) is 2. The smallest absolute Gasteiger partial charge is 0.416 e. The van der Waals surface area contributed by atoms with Crippen molar-refractivity contribution in [2.45, 2.75) is 13.1 Å². The summed E-state index contributed by atoms with van der Waals surface area (Å²) in [6.07, 6.45) is -4.60. The lowest BCUT2D eigenvalue weighted by molar-refractivity contribution is -0.137. The number of alkyl halides is 3. The molecule has 0 aliphatic rings. The van der Waals surface area contributed by atoms with E-state index in [1.807, 2.05) is 0 Å². The first-order chi connectivity index (χ1) is 16.5. The van der Waals surface area contributed by atoms with E-state index in [-0.39, 0.29) is 34.1 Å². The fourth-order valence-electron chi connectivity index (χ4n) is 3.22. The van der Waals surface area contributed by atoms with Crippen molar-refractivity contribution >= 4 is 17.6 Å². The fraction of sp³-hybridized carbons (Fsp3) is 0.217. The normalized spacial score (nSPS) is 11.1. The minimum Gasteiger partial charge on any atom is -0.493 e. The zero-order valence-electron chi connectivity index (χ0n) is 19.0. The van der Waals surface area contributed by atoms with Crippen LogP contribution in [0.15, 0.2) is 47.3 Å². The number of ether oxygens (including phenoxy) is 3. The number of hydrogen-bond acceptors (Lipinski definition) is 7. The van der Waals surface area contributed by atoms with Gasteiger partial charge in [0, 0.05) is 23.9 Å². The van der Waals surface area contributed by atoms with Gasteiger partial charge in [-0.1, -0.05) is 6.07 Å². The summed E-state index contributed by atoms with van der Waals surface area (Å²) in [7, 11) is 3.83. The second-order valence-electron chi connectivity index (χ2n) is 7.16. The molecule has 1 amide bonds. The first-order valence-electron chi connectivity index (χ1n) is 9.94. The largest absolute Gasteiger partial charge is 0.493 e. The number of carbonyl (C=O) groups is 2. The van der Waals surface area contributed by atoms with Crippen LogP contribution in [0.3, 0.4) is 0 Å². The van der Waals surface area contributed by atoms with Crippen LogP contribution in [0.5, 0.6) is 11.5 Å². The third kappa shape index (κ3) is 5.26. The molecular weight excluding hydrogens is 471 g/mol. The zero-order chi connectivity index (χ0) is 25.9. The second kappa shape index (κ2) is 9.87. The first kappa shape index (κ1) is 25.3. The average molecular weight is 491 g/mol. The van der Waals surface area contributed by atoms with Crippen molar-refractivity contribution in [1.82, 2.24) is 9.78 Å². The summed E-state index contributed by atoms with van der Waals surface area (Å²) < 4.78 is 55.6. The summed E-state index contributed by atoms with van der Waals surface area (Å²) in [6, 6.07) is 7.91. The average Bonchev–Trinajstić information content (AvgIpc) is 2.82. The van der Waals surface area contributed by atoms with Gasteiger partial charge in [0.1, 0.15) is 0 Å². The number of carbonyl (C=O) groups excluding carboxylic acids is 2. The van der Waals surface area contributed by atoms with E-state index in [0.717, 1.165) is 30.0 Å². The Morgan fingerprint density at radius 1 is 1.00 bits per heavy atom. The summed E-state index contributed by atoms with van der Waals surface area (Å²) in [4.78, 5) is 37.7. The summed E-state index contributed by atoms with van der Waals surface area (Å²) in [5, 5.41) is 6.40. The molecule has 0 aliphatic heterocycles. The molecule has 3 aromatic rings. The van der Waals surface area contributed by atoms with E-state index >= 15 is 0 Å². The van der Waals surface area contributed by atoms with E-state index < -0.39 is 34.7 Å². The van der Waals surface area contributed by atoms with Gasteiger partial charge in [-0.25, -0.2) is 9.48 Å². The summed E-state index contributed by atoms with van der Waals surface area (Å²) >= 11 is 0. The number of amides is 1. The maximum Gasteiger partial charge on any atom is 0.416 e. The van der Waals surface area contributed by atoms with Gasteiger partial charge in [0.2, 0.25) is 5.43 Å². The molecule has 2 aromatic carbocycles. The zero-order valence-corrected chi connectivity index (χ0v) is 19.0. The molecule has 0 spiro atoms. The topological polar surface area (TPSA) is 109 Å². The number of aryl methyl sites for hydroxylation is 1. The number of rotatable bonds is 6. The van der Waals surface area contributed by atoms with Crippen molar-refractivity contribution in [3.63, 3.8) is 0 Å². The van der Waals surface area contributed by atoms with Gasteiger partial charge in [0.25, 0.3) is 5.91 Å². The Bertz CT molecular complexity index is 1350. The highest BCUT2D eigenvalue weighted by Gasteiger charge is 2.31. The van der Waals surface area contributed by atoms with E-state index in [9.17, 15) is 27.6 Å². The van der Waals surface area contributed by atoms with Gasteiger partial charge < -0.3 is 19.5 Å². The maximum atomic E-state index is 13.1. The molecule has 0 aliphatic carbocycles. The van der Waals surface area contributed by atoms with Crippen molar-refractivity contribution in [2.75, 3.05) is 26.6 Å². The molecule has 3 rings (SSSR count). The fourth-order valence-corrected chi connectivity index (χ4v) is 3.22. The van der Waals surface area contributed by atoms with Crippen molar-refractivity contribution in [3.05, 3.63) is 75.2 Å². The first-order valence-corrected chi connectivity index (χ1v) is 9.94. The van der Waals surface area contributed by atoms with Crippen LogP contribution in [0, 0.1) is 6.92 Å². The highest BCUT2D eigenvalue weighted by molar-refractivity contribution is 6.07. The van der Waals surface area contributed by atoms with Gasteiger partial charge in [-0.05, 0) is 25.1 Å². The predicted octanol–water partition coefficient (Wildman–Crippen LogP) is 3.62. The number of anilines is 1. The standard InChI is InChI=1S/C23H20F3N3O6/c1-12-8-17(30)20(28-29(12)14-7-5-6-13(9-14)23(24,25)26)21(31)27-16-11-19(34-3)18(33-2)10-15(16)22(32)35-4/h5-11H,1-4H3,(H,27,31). The quantitative estimate of drug-likeness (QED) is 0.525. The van der Waals surface area contributed by atoms with Gasteiger partial charge in [0.15, 0.2) is 17.2 Å². The molecule has 1 heterocycles. The molecule has 0 fully saturated rings. The molecule has 12 heteroatoms. The molecule has 0 bridgehead atoms. The molecule has 0 saturated carbocycles. The number of aromatic nitrogens is 2. The van der Waals surface area contributed by atoms with Gasteiger partial charge in [-0.2, -0.15) is 18.3 Å². The summed E-state index contributed by atoms with van der Waals surface area (Å²) in [5.41, 5.74) is -2.27. The molecule has 9 nitrogen and oxygen atoms in total. The Morgan fingerprint density at radius 3 is 2.26 bits per heavy atom. The highest BCUT2D eigenvalue weighted by Crippen LogP contribution is 2.34. The second-order valence-corrected chi connectivity index (χ2v) is 7.16. The lowest BCUT2D eigenvalue weighted by Crippen LogP contribution is -2.27. The molecule has 35 heavy (non-hydrogen) atoms. The Hall–Kier alpha value is -4.35. The van der Waals surface area contributed by atoms with E-state index in [1.54, 1.807) is 0 Å². The van der Waals surface area contributed by atoms with E-state index in [2.05, 4.69) is 10.4 Å². The third-order valence-corrected chi connectivity index (χ3v) is 4.92. The van der Waals surface area contributed by atoms with Gasteiger partial charge >= 0.3 is 12.1 Å². The molecule has 0 radical (unpaired) electrons. The number of halogens is 3. The minimum atomic E-state index is -4.60. The van der Waals surface area contributed by atoms with Crippen LogP contribution in [-0.4, -0.2) is 43.0 Å². The van der Waals surface area contributed by atoms with Crippen LogP contribution < -0.4 is 20.2 Å². The van der Waals surface area contributed by atoms with E-state index in [1.165, 1.54) is 45.4 Å². The molecule has 0 unspecified atom stereocenters.